The number of hydrogen-bond acceptors (Lipinski definition) is 8. The van der Waals surface area contributed by atoms with E-state index >= 15 is 0 Å². The molecule has 10 heteroatoms. The number of aromatic nitrogens is 1. The Balaban J connectivity index is 1.81. The highest BCUT2D eigenvalue weighted by molar-refractivity contribution is 7.11. The predicted octanol–water partition coefficient (Wildman–Crippen LogP) is 4.82. The van der Waals surface area contributed by atoms with Crippen molar-refractivity contribution in [3.63, 3.8) is 0 Å². The number of amidine groups is 1. The third-order valence-electron chi connectivity index (χ3n) is 6.15. The van der Waals surface area contributed by atoms with Gasteiger partial charge in [0.15, 0.2) is 10.8 Å². The molecular weight excluding hydrogens is 481 g/mol. The summed E-state index contributed by atoms with van der Waals surface area (Å²) in [6.07, 6.45) is 4.27. The molecule has 1 fully saturated rings. The van der Waals surface area contributed by atoms with E-state index in [0.29, 0.717) is 53.4 Å². The number of carbonyl (C=O) groups is 2. The Bertz CT molecular complexity index is 1130. The van der Waals surface area contributed by atoms with E-state index in [1.54, 1.807) is 25.3 Å². The first-order chi connectivity index (χ1) is 16.4. The van der Waals surface area contributed by atoms with Crippen LogP contribution >= 0.6 is 22.9 Å². The van der Waals surface area contributed by atoms with Crippen LogP contribution in [0.1, 0.15) is 49.2 Å². The van der Waals surface area contributed by atoms with E-state index in [9.17, 15) is 14.0 Å². The maximum Gasteiger partial charge on any atom is 0.338 e. The average molecular weight is 506 g/mol. The van der Waals surface area contributed by atoms with Gasteiger partial charge in [0.25, 0.3) is 0 Å². The van der Waals surface area contributed by atoms with E-state index < -0.39 is 17.8 Å². The van der Waals surface area contributed by atoms with Crippen molar-refractivity contribution < 1.29 is 23.5 Å². The minimum Gasteiger partial charge on any atom is -0.469 e. The van der Waals surface area contributed by atoms with Crippen molar-refractivity contribution in [1.82, 2.24) is 10.3 Å². The standard InChI is InChI=1S/C24H25ClFN3O4S/c1-3-33-24(31)17-19(13-7-9-14(10-8-13)23(30)32-2)28-21(22-27-11-12-34-22)29-20(17)15-5-4-6-16(26)18(15)25/h4-6,11-14,20H,3,7-10H2,1-2H3,(H,28,29). The number of ether oxygens (including phenoxy) is 2. The second-order valence-corrected chi connectivity index (χ2v) is 9.38. The summed E-state index contributed by atoms with van der Waals surface area (Å²) in [5.74, 6) is -1.08. The zero-order valence-corrected chi connectivity index (χ0v) is 20.4. The Kier molecular flexibility index (Phi) is 7.63. The third-order valence-corrected chi connectivity index (χ3v) is 7.33. The summed E-state index contributed by atoms with van der Waals surface area (Å²) in [4.78, 5) is 34.4. The predicted molar refractivity (Wildman–Crippen MR) is 127 cm³/mol. The largest absolute Gasteiger partial charge is 0.469 e. The van der Waals surface area contributed by atoms with Crippen LogP contribution in [0.4, 0.5) is 4.39 Å². The van der Waals surface area contributed by atoms with Crippen LogP contribution in [0.5, 0.6) is 0 Å². The number of thiazole rings is 1. The van der Waals surface area contributed by atoms with Crippen LogP contribution in [-0.2, 0) is 19.1 Å². The topological polar surface area (TPSA) is 89.9 Å². The average Bonchev–Trinajstić information content (AvgIpc) is 3.40. The van der Waals surface area contributed by atoms with Crippen LogP contribution in [-0.4, -0.2) is 36.5 Å². The number of esters is 2. The Morgan fingerprint density at radius 3 is 2.68 bits per heavy atom. The van der Waals surface area contributed by atoms with Gasteiger partial charge in [0, 0.05) is 22.8 Å². The molecule has 1 saturated carbocycles. The van der Waals surface area contributed by atoms with Crippen LogP contribution in [0.25, 0.3) is 0 Å². The summed E-state index contributed by atoms with van der Waals surface area (Å²) in [7, 11) is 1.39. The monoisotopic (exact) mass is 505 g/mol. The van der Waals surface area contributed by atoms with Gasteiger partial charge in [-0.05, 0) is 44.6 Å². The number of methoxy groups -OCH3 is 1. The van der Waals surface area contributed by atoms with Crippen LogP contribution < -0.4 is 5.32 Å². The molecule has 2 heterocycles. The fourth-order valence-corrected chi connectivity index (χ4v) is 5.33. The van der Waals surface area contributed by atoms with Gasteiger partial charge in [-0.2, -0.15) is 0 Å². The third kappa shape index (κ3) is 4.86. The quantitative estimate of drug-likeness (QED) is 0.566. The van der Waals surface area contributed by atoms with E-state index in [0.717, 1.165) is 0 Å². The van der Waals surface area contributed by atoms with E-state index in [2.05, 4.69) is 10.3 Å². The molecule has 0 saturated heterocycles. The summed E-state index contributed by atoms with van der Waals surface area (Å²) >= 11 is 7.74. The molecule has 4 rings (SSSR count). The Morgan fingerprint density at radius 1 is 1.26 bits per heavy atom. The number of benzene rings is 1. The van der Waals surface area contributed by atoms with Gasteiger partial charge in [-0.15, -0.1) is 11.3 Å². The van der Waals surface area contributed by atoms with Gasteiger partial charge in [0.2, 0.25) is 0 Å². The zero-order valence-electron chi connectivity index (χ0n) is 18.8. The first-order valence-corrected chi connectivity index (χ1v) is 12.4. The molecule has 0 bridgehead atoms. The number of aliphatic imine (C=N–C) groups is 1. The van der Waals surface area contributed by atoms with Crippen LogP contribution in [0.15, 0.2) is 46.0 Å². The van der Waals surface area contributed by atoms with Gasteiger partial charge in [0.05, 0.1) is 30.2 Å². The Morgan fingerprint density at radius 2 is 2.03 bits per heavy atom. The molecule has 2 aromatic rings. The maximum absolute atomic E-state index is 14.4. The summed E-state index contributed by atoms with van der Waals surface area (Å²) in [5.41, 5.74) is 1.34. The van der Waals surface area contributed by atoms with E-state index in [1.165, 1.54) is 24.5 Å². The van der Waals surface area contributed by atoms with Gasteiger partial charge in [0.1, 0.15) is 11.9 Å². The van der Waals surface area contributed by atoms with E-state index in [4.69, 9.17) is 26.1 Å². The molecule has 1 aromatic heterocycles. The normalized spacial score (nSPS) is 22.6. The summed E-state index contributed by atoms with van der Waals surface area (Å²) in [6.45, 7) is 1.90. The van der Waals surface area contributed by atoms with Crippen molar-refractivity contribution in [3.05, 3.63) is 62.5 Å². The lowest BCUT2D eigenvalue weighted by molar-refractivity contribution is -0.146. The molecule has 0 radical (unpaired) electrons. The molecule has 180 valence electrons. The van der Waals surface area contributed by atoms with Crippen molar-refractivity contribution >= 4 is 40.7 Å². The molecule has 2 aliphatic rings. The second-order valence-electron chi connectivity index (χ2n) is 8.11. The van der Waals surface area contributed by atoms with Crippen LogP contribution in [0.3, 0.4) is 0 Å². The summed E-state index contributed by atoms with van der Waals surface area (Å²) in [6, 6.07) is 3.60. The van der Waals surface area contributed by atoms with Gasteiger partial charge in [-0.25, -0.2) is 14.2 Å². The lowest BCUT2D eigenvalue weighted by Crippen LogP contribution is -2.38. The molecule has 1 N–H and O–H groups in total. The molecular formula is C24H25ClFN3O4S. The second kappa shape index (κ2) is 10.7. The van der Waals surface area contributed by atoms with E-state index in [1.807, 2.05) is 5.38 Å². The zero-order chi connectivity index (χ0) is 24.2. The number of nitrogens with one attached hydrogen (secondary N) is 1. The van der Waals surface area contributed by atoms with Gasteiger partial charge >= 0.3 is 11.9 Å². The molecule has 1 aliphatic heterocycles. The van der Waals surface area contributed by atoms with Gasteiger partial charge in [-0.1, -0.05) is 23.7 Å². The Labute approximate surface area is 206 Å². The van der Waals surface area contributed by atoms with Gasteiger partial charge in [-0.3, -0.25) is 9.79 Å². The van der Waals surface area contributed by atoms with Crippen molar-refractivity contribution in [2.45, 2.75) is 38.6 Å². The number of nitrogens with zero attached hydrogens (tertiary/aromatic N) is 2. The van der Waals surface area contributed by atoms with Crippen LogP contribution in [0, 0.1) is 17.7 Å². The maximum atomic E-state index is 14.4. The van der Waals surface area contributed by atoms with Crippen molar-refractivity contribution in [2.24, 2.45) is 16.8 Å². The minimum atomic E-state index is -0.865. The smallest absolute Gasteiger partial charge is 0.338 e. The van der Waals surface area contributed by atoms with E-state index in [-0.39, 0.29) is 29.4 Å². The van der Waals surface area contributed by atoms with Crippen LogP contribution in [0.2, 0.25) is 5.02 Å². The molecule has 1 atom stereocenters. The number of halogens is 2. The van der Waals surface area contributed by atoms with Crippen molar-refractivity contribution in [3.8, 4) is 0 Å². The Hall–Kier alpha value is -2.78. The first-order valence-electron chi connectivity index (χ1n) is 11.1. The number of carbonyl (C=O) groups excluding carboxylic acids is 2. The number of hydrogen-bond donors (Lipinski definition) is 1. The summed E-state index contributed by atoms with van der Waals surface area (Å²) < 4.78 is 24.7. The molecule has 0 amide bonds. The highest BCUT2D eigenvalue weighted by Gasteiger charge is 2.39. The SMILES string of the molecule is CCOC(=O)C1=C(C2CCC(C(=O)OC)CC2)NC(c2nccs2)=NC1c1cccc(F)c1Cl. The molecule has 7 nitrogen and oxygen atoms in total. The molecule has 1 aliphatic carbocycles. The lowest BCUT2D eigenvalue weighted by Gasteiger charge is -2.34. The van der Waals surface area contributed by atoms with Crippen molar-refractivity contribution in [2.75, 3.05) is 13.7 Å². The molecule has 34 heavy (non-hydrogen) atoms. The fraction of sp³-hybridized carbons (Fsp3) is 0.417. The van der Waals surface area contributed by atoms with Crippen molar-refractivity contribution in [1.29, 1.82) is 0 Å². The molecule has 1 aromatic carbocycles. The fourth-order valence-electron chi connectivity index (χ4n) is 4.51. The molecule has 1 unspecified atom stereocenters. The lowest BCUT2D eigenvalue weighted by atomic mass is 9.78. The summed E-state index contributed by atoms with van der Waals surface area (Å²) in [5, 5.41) is 5.71. The van der Waals surface area contributed by atoms with Gasteiger partial charge < -0.3 is 14.8 Å². The minimum absolute atomic E-state index is 0.0550. The number of rotatable bonds is 6. The molecule has 0 spiro atoms. The number of allylic oxidation sites excluding steroid dienone is 1. The highest BCUT2D eigenvalue weighted by Crippen LogP contribution is 2.42. The first kappa shape index (κ1) is 24.3. The highest BCUT2D eigenvalue weighted by atomic mass is 35.5.